The average molecular weight is 436 g/mol. The zero-order chi connectivity index (χ0) is 22.1. The second-order valence-electron chi connectivity index (χ2n) is 9.16. The molecule has 1 fully saturated rings. The van der Waals surface area contributed by atoms with E-state index in [-0.39, 0.29) is 17.5 Å². The lowest BCUT2D eigenvalue weighted by Crippen LogP contribution is -2.23. The van der Waals surface area contributed by atoms with E-state index in [4.69, 9.17) is 11.6 Å². The summed E-state index contributed by atoms with van der Waals surface area (Å²) in [5.74, 6) is 0.906. The lowest BCUT2D eigenvalue weighted by atomic mass is 9.79. The maximum atomic E-state index is 13.6. The van der Waals surface area contributed by atoms with Gasteiger partial charge in [0, 0.05) is 46.1 Å². The number of benzene rings is 2. The fraction of sp³-hybridized carbons (Fsp3) is 0.407. The Hall–Kier alpha value is -2.39. The van der Waals surface area contributed by atoms with E-state index in [1.807, 2.05) is 24.3 Å². The first kappa shape index (κ1) is 21.8. The van der Waals surface area contributed by atoms with Crippen LogP contribution in [0.1, 0.15) is 79.6 Å². The molecule has 0 unspecified atom stereocenters. The van der Waals surface area contributed by atoms with Crippen LogP contribution in [0.2, 0.25) is 5.02 Å². The minimum Gasteiger partial charge on any atom is -0.339 e. The SMILES string of the molecule is CC(=O)CCc1c(C(=O)C2CCC2)c2cc(C(C)C)ccc2n1Cc1ccc(Cl)cc1. The zero-order valence-corrected chi connectivity index (χ0v) is 19.3. The summed E-state index contributed by atoms with van der Waals surface area (Å²) in [7, 11) is 0. The average Bonchev–Trinajstić information content (AvgIpc) is 2.99. The number of Topliss-reactive ketones (excluding diaryl/α,β-unsaturated/α-hetero) is 2. The molecule has 0 amide bonds. The highest BCUT2D eigenvalue weighted by atomic mass is 35.5. The fourth-order valence-corrected chi connectivity index (χ4v) is 4.57. The highest BCUT2D eigenvalue weighted by Crippen LogP contribution is 2.37. The number of aromatic nitrogens is 1. The molecule has 0 aliphatic heterocycles. The van der Waals surface area contributed by atoms with Gasteiger partial charge in [0.1, 0.15) is 5.78 Å². The number of rotatable bonds is 8. The van der Waals surface area contributed by atoms with Gasteiger partial charge >= 0.3 is 0 Å². The van der Waals surface area contributed by atoms with E-state index in [0.717, 1.165) is 47.0 Å². The zero-order valence-electron chi connectivity index (χ0n) is 18.6. The fourth-order valence-electron chi connectivity index (χ4n) is 4.44. The Bertz CT molecular complexity index is 1120. The van der Waals surface area contributed by atoms with E-state index >= 15 is 0 Å². The van der Waals surface area contributed by atoms with E-state index in [0.29, 0.717) is 30.3 Å². The van der Waals surface area contributed by atoms with Crippen molar-refractivity contribution in [1.29, 1.82) is 0 Å². The minimum absolute atomic E-state index is 0.119. The molecule has 162 valence electrons. The van der Waals surface area contributed by atoms with Gasteiger partial charge in [-0.2, -0.15) is 0 Å². The van der Waals surface area contributed by atoms with Crippen molar-refractivity contribution in [2.45, 2.75) is 65.3 Å². The van der Waals surface area contributed by atoms with Gasteiger partial charge in [-0.1, -0.05) is 50.1 Å². The Balaban J connectivity index is 1.91. The van der Waals surface area contributed by atoms with Crippen molar-refractivity contribution in [2.75, 3.05) is 0 Å². The van der Waals surface area contributed by atoms with Crippen LogP contribution in [0.4, 0.5) is 0 Å². The normalized spacial score (nSPS) is 14.2. The quantitative estimate of drug-likeness (QED) is 0.358. The molecule has 1 aromatic heterocycles. The number of nitrogens with zero attached hydrogens (tertiary/aromatic N) is 1. The molecule has 0 radical (unpaired) electrons. The number of hydrogen-bond donors (Lipinski definition) is 0. The maximum absolute atomic E-state index is 13.6. The summed E-state index contributed by atoms with van der Waals surface area (Å²) in [6.45, 7) is 6.63. The predicted molar refractivity (Wildman–Crippen MR) is 127 cm³/mol. The topological polar surface area (TPSA) is 39.1 Å². The molecule has 3 nitrogen and oxygen atoms in total. The Morgan fingerprint density at radius 1 is 1.10 bits per heavy atom. The summed E-state index contributed by atoms with van der Waals surface area (Å²) in [4.78, 5) is 25.4. The van der Waals surface area contributed by atoms with Gasteiger partial charge in [0.25, 0.3) is 0 Å². The predicted octanol–water partition coefficient (Wildman–Crippen LogP) is 6.97. The van der Waals surface area contributed by atoms with Crippen LogP contribution < -0.4 is 0 Å². The van der Waals surface area contributed by atoms with Crippen molar-refractivity contribution in [3.63, 3.8) is 0 Å². The minimum atomic E-state index is 0.119. The van der Waals surface area contributed by atoms with Crippen LogP contribution in [0.25, 0.3) is 10.9 Å². The van der Waals surface area contributed by atoms with Crippen LogP contribution in [-0.4, -0.2) is 16.1 Å². The van der Waals surface area contributed by atoms with E-state index in [1.54, 1.807) is 6.92 Å². The Kier molecular flexibility index (Phi) is 6.34. The van der Waals surface area contributed by atoms with Crippen LogP contribution in [0.5, 0.6) is 0 Å². The molecule has 1 heterocycles. The van der Waals surface area contributed by atoms with Crippen molar-refractivity contribution in [3.8, 4) is 0 Å². The van der Waals surface area contributed by atoms with Crippen molar-refractivity contribution < 1.29 is 9.59 Å². The third-order valence-electron chi connectivity index (χ3n) is 6.55. The molecule has 0 spiro atoms. The standard InChI is InChI=1S/C27H30ClNO2/c1-17(2)21-10-14-24-23(15-21)26(27(31)20-5-4-6-20)25(13-7-18(3)30)29(24)16-19-8-11-22(28)12-9-19/h8-12,14-15,17,20H,4-7,13,16H2,1-3H3. The molecule has 1 saturated carbocycles. The summed E-state index contributed by atoms with van der Waals surface area (Å²) in [5, 5.41) is 1.75. The van der Waals surface area contributed by atoms with Gasteiger partial charge in [0.2, 0.25) is 0 Å². The molecule has 4 heteroatoms. The van der Waals surface area contributed by atoms with Crippen molar-refractivity contribution in [1.82, 2.24) is 4.57 Å². The molecule has 2 aromatic carbocycles. The van der Waals surface area contributed by atoms with Gasteiger partial charge < -0.3 is 9.36 Å². The van der Waals surface area contributed by atoms with Gasteiger partial charge in [0.15, 0.2) is 5.78 Å². The third-order valence-corrected chi connectivity index (χ3v) is 6.80. The summed E-state index contributed by atoms with van der Waals surface area (Å²) < 4.78 is 2.25. The number of fused-ring (bicyclic) bond motifs is 1. The number of halogens is 1. The molecule has 0 bridgehead atoms. The molecule has 0 atom stereocenters. The van der Waals surface area contributed by atoms with E-state index in [2.05, 4.69) is 36.6 Å². The third kappa shape index (κ3) is 4.48. The summed E-state index contributed by atoms with van der Waals surface area (Å²) in [5.41, 5.74) is 5.27. The van der Waals surface area contributed by atoms with Crippen LogP contribution in [0, 0.1) is 5.92 Å². The van der Waals surface area contributed by atoms with Crippen molar-refractivity contribution in [3.05, 3.63) is 69.9 Å². The number of carbonyl (C=O) groups is 2. The molecule has 31 heavy (non-hydrogen) atoms. The van der Waals surface area contributed by atoms with Gasteiger partial charge in [-0.05, 0) is 67.5 Å². The number of carbonyl (C=O) groups excluding carboxylic acids is 2. The highest BCUT2D eigenvalue weighted by Gasteiger charge is 2.31. The largest absolute Gasteiger partial charge is 0.339 e. The van der Waals surface area contributed by atoms with E-state index in [1.165, 1.54) is 5.56 Å². The van der Waals surface area contributed by atoms with Gasteiger partial charge in [-0.25, -0.2) is 0 Å². The van der Waals surface area contributed by atoms with Crippen molar-refractivity contribution >= 4 is 34.1 Å². The Labute approximate surface area is 189 Å². The van der Waals surface area contributed by atoms with Crippen LogP contribution >= 0.6 is 11.6 Å². The summed E-state index contributed by atoms with van der Waals surface area (Å²) in [6.07, 6.45) is 4.10. The van der Waals surface area contributed by atoms with E-state index < -0.39 is 0 Å². The van der Waals surface area contributed by atoms with E-state index in [9.17, 15) is 9.59 Å². The Morgan fingerprint density at radius 2 is 1.81 bits per heavy atom. The van der Waals surface area contributed by atoms with Crippen molar-refractivity contribution in [2.24, 2.45) is 5.92 Å². The van der Waals surface area contributed by atoms with Crippen LogP contribution in [0.15, 0.2) is 42.5 Å². The van der Waals surface area contributed by atoms with Crippen LogP contribution in [-0.2, 0) is 17.8 Å². The molecular weight excluding hydrogens is 406 g/mol. The lowest BCUT2D eigenvalue weighted by molar-refractivity contribution is -0.117. The molecule has 3 aromatic rings. The highest BCUT2D eigenvalue weighted by molar-refractivity contribution is 6.30. The van der Waals surface area contributed by atoms with Gasteiger partial charge in [0.05, 0.1) is 0 Å². The molecule has 1 aliphatic carbocycles. The first-order valence-corrected chi connectivity index (χ1v) is 11.7. The van der Waals surface area contributed by atoms with Gasteiger partial charge in [-0.15, -0.1) is 0 Å². The first-order chi connectivity index (χ1) is 14.8. The monoisotopic (exact) mass is 435 g/mol. The maximum Gasteiger partial charge on any atom is 0.168 e. The molecule has 0 saturated heterocycles. The molecular formula is C27H30ClNO2. The number of ketones is 2. The molecule has 0 N–H and O–H groups in total. The smallest absolute Gasteiger partial charge is 0.168 e. The second kappa shape index (κ2) is 9.00. The Morgan fingerprint density at radius 3 is 2.39 bits per heavy atom. The second-order valence-corrected chi connectivity index (χ2v) is 9.60. The van der Waals surface area contributed by atoms with Gasteiger partial charge in [-0.3, -0.25) is 4.79 Å². The summed E-state index contributed by atoms with van der Waals surface area (Å²) in [6, 6.07) is 14.4. The lowest BCUT2D eigenvalue weighted by Gasteiger charge is -2.24. The first-order valence-electron chi connectivity index (χ1n) is 11.3. The molecule has 4 rings (SSSR count). The summed E-state index contributed by atoms with van der Waals surface area (Å²) >= 11 is 6.09. The van der Waals surface area contributed by atoms with Crippen LogP contribution in [0.3, 0.4) is 0 Å². The number of hydrogen-bond acceptors (Lipinski definition) is 2. The molecule has 1 aliphatic rings.